The number of thiophene rings is 1. The molecule has 1 aromatic carbocycles. The van der Waals surface area contributed by atoms with Gasteiger partial charge in [0.15, 0.2) is 0 Å². The number of benzene rings is 1. The average molecular weight is 388 g/mol. The van der Waals surface area contributed by atoms with Crippen molar-refractivity contribution in [2.24, 2.45) is 0 Å². The maximum atomic E-state index is 6.39. The van der Waals surface area contributed by atoms with Gasteiger partial charge in [0.25, 0.3) is 0 Å². The van der Waals surface area contributed by atoms with Gasteiger partial charge in [-0.05, 0) is 63.6 Å². The van der Waals surface area contributed by atoms with E-state index >= 15 is 0 Å². The number of nitrogens with one attached hydrogen (secondary N) is 1. The fourth-order valence-electron chi connectivity index (χ4n) is 2.11. The van der Waals surface area contributed by atoms with Gasteiger partial charge < -0.3 is 10.2 Å². The molecule has 0 amide bonds. The molecule has 1 heterocycles. The van der Waals surface area contributed by atoms with Crippen LogP contribution in [0, 0.1) is 0 Å². The second-order valence-electron chi connectivity index (χ2n) is 5.07. The molecule has 0 aliphatic carbocycles. The summed E-state index contributed by atoms with van der Waals surface area (Å²) in [4.78, 5) is 2.21. The van der Waals surface area contributed by atoms with Crippen molar-refractivity contribution in [3.8, 4) is 0 Å². The first-order valence-electron chi connectivity index (χ1n) is 7.03. The zero-order valence-corrected chi connectivity index (χ0v) is 15.5. The summed E-state index contributed by atoms with van der Waals surface area (Å²) >= 11 is 11.6. The van der Waals surface area contributed by atoms with Crippen LogP contribution in [0.1, 0.15) is 24.5 Å². The Labute approximate surface area is 144 Å². The summed E-state index contributed by atoms with van der Waals surface area (Å²) in [5.74, 6) is 0. The molecule has 0 bridgehead atoms. The maximum Gasteiger partial charge on any atom is 0.0701 e. The smallest absolute Gasteiger partial charge is 0.0701 e. The standard InChI is InChI=1S/C16H20BrClN2S/c1-3-6-19-9-13-4-5-14(8-15(13)18)20(2)10-12-7-16(17)21-11-12/h4-5,7-8,11,19H,3,6,9-10H2,1-2H3. The van der Waals surface area contributed by atoms with Crippen LogP contribution in [-0.2, 0) is 13.1 Å². The fraction of sp³-hybridized carbons (Fsp3) is 0.375. The van der Waals surface area contributed by atoms with Gasteiger partial charge in [0.1, 0.15) is 0 Å². The lowest BCUT2D eigenvalue weighted by atomic mass is 10.2. The lowest BCUT2D eigenvalue weighted by molar-refractivity contribution is 0.675. The summed E-state index contributed by atoms with van der Waals surface area (Å²) in [5.41, 5.74) is 3.60. The van der Waals surface area contributed by atoms with Gasteiger partial charge in [-0.25, -0.2) is 0 Å². The Bertz CT molecular complexity index is 585. The molecule has 5 heteroatoms. The largest absolute Gasteiger partial charge is 0.370 e. The molecule has 2 nitrogen and oxygen atoms in total. The van der Waals surface area contributed by atoms with Crippen molar-refractivity contribution in [1.82, 2.24) is 5.32 Å². The van der Waals surface area contributed by atoms with Gasteiger partial charge in [-0.1, -0.05) is 24.6 Å². The molecule has 0 unspecified atom stereocenters. The summed E-state index contributed by atoms with van der Waals surface area (Å²) in [7, 11) is 2.09. The van der Waals surface area contributed by atoms with Crippen LogP contribution in [0.3, 0.4) is 0 Å². The Morgan fingerprint density at radius 3 is 2.76 bits per heavy atom. The van der Waals surface area contributed by atoms with E-state index in [-0.39, 0.29) is 0 Å². The molecular weight excluding hydrogens is 368 g/mol. The predicted molar refractivity (Wildman–Crippen MR) is 97.6 cm³/mol. The van der Waals surface area contributed by atoms with Gasteiger partial charge >= 0.3 is 0 Å². The Kier molecular flexibility index (Phi) is 6.55. The molecule has 0 aliphatic rings. The average Bonchev–Trinajstić information content (AvgIpc) is 2.86. The molecule has 114 valence electrons. The normalized spacial score (nSPS) is 10.9. The first kappa shape index (κ1) is 16.8. The van der Waals surface area contributed by atoms with Gasteiger partial charge in [0.2, 0.25) is 0 Å². The van der Waals surface area contributed by atoms with Crippen LogP contribution in [0.4, 0.5) is 5.69 Å². The number of nitrogens with zero attached hydrogens (tertiary/aromatic N) is 1. The van der Waals surface area contributed by atoms with Crippen molar-refractivity contribution in [3.05, 3.63) is 49.6 Å². The van der Waals surface area contributed by atoms with Gasteiger partial charge in [-0.2, -0.15) is 0 Å². The lowest BCUT2D eigenvalue weighted by Crippen LogP contribution is -2.17. The quantitative estimate of drug-likeness (QED) is 0.648. The van der Waals surface area contributed by atoms with Crippen molar-refractivity contribution >= 4 is 44.6 Å². The van der Waals surface area contributed by atoms with E-state index in [0.717, 1.165) is 42.3 Å². The molecule has 0 spiro atoms. The summed E-state index contributed by atoms with van der Waals surface area (Å²) in [5, 5.41) is 6.38. The van der Waals surface area contributed by atoms with Crippen LogP contribution in [0.15, 0.2) is 33.4 Å². The molecule has 21 heavy (non-hydrogen) atoms. The van der Waals surface area contributed by atoms with E-state index < -0.39 is 0 Å². The minimum Gasteiger partial charge on any atom is -0.370 e. The van der Waals surface area contributed by atoms with Crippen LogP contribution in [0.5, 0.6) is 0 Å². The number of hydrogen-bond donors (Lipinski definition) is 1. The third-order valence-corrected chi connectivity index (χ3v) is 5.17. The number of rotatable bonds is 7. The Hall–Kier alpha value is -0.550. The SMILES string of the molecule is CCCNCc1ccc(N(C)Cc2csc(Br)c2)cc1Cl. The monoisotopic (exact) mass is 386 g/mol. The molecule has 0 fully saturated rings. The second-order valence-corrected chi connectivity index (χ2v) is 7.77. The highest BCUT2D eigenvalue weighted by atomic mass is 79.9. The highest BCUT2D eigenvalue weighted by Gasteiger charge is 2.07. The number of hydrogen-bond acceptors (Lipinski definition) is 3. The summed E-state index contributed by atoms with van der Waals surface area (Å²) in [6, 6.07) is 8.45. The van der Waals surface area contributed by atoms with Gasteiger partial charge in [0.05, 0.1) is 3.79 Å². The molecule has 2 aromatic rings. The molecule has 0 aliphatic heterocycles. The minimum absolute atomic E-state index is 0.828. The van der Waals surface area contributed by atoms with Crippen LogP contribution >= 0.6 is 38.9 Å². The lowest BCUT2D eigenvalue weighted by Gasteiger charge is -2.20. The van der Waals surface area contributed by atoms with Crippen molar-refractivity contribution < 1.29 is 0 Å². The summed E-state index contributed by atoms with van der Waals surface area (Å²) < 4.78 is 1.17. The number of halogens is 2. The topological polar surface area (TPSA) is 15.3 Å². The third kappa shape index (κ3) is 4.99. The van der Waals surface area contributed by atoms with Crippen LogP contribution in [0.2, 0.25) is 5.02 Å². The molecule has 1 aromatic heterocycles. The van der Waals surface area contributed by atoms with E-state index in [1.54, 1.807) is 11.3 Å². The predicted octanol–water partition coefficient (Wildman–Crippen LogP) is 5.30. The molecule has 0 atom stereocenters. The van der Waals surface area contributed by atoms with Crippen LogP contribution < -0.4 is 10.2 Å². The van der Waals surface area contributed by atoms with E-state index in [1.165, 1.54) is 9.35 Å². The molecular formula is C16H20BrClN2S. The summed E-state index contributed by atoms with van der Waals surface area (Å²) in [6.45, 7) is 4.89. The molecule has 2 rings (SSSR count). The third-order valence-electron chi connectivity index (χ3n) is 3.26. The van der Waals surface area contributed by atoms with Crippen molar-refractivity contribution in [2.75, 3.05) is 18.5 Å². The van der Waals surface area contributed by atoms with E-state index in [2.05, 4.69) is 63.7 Å². The molecule has 1 N–H and O–H groups in total. The first-order chi connectivity index (χ1) is 10.1. The Balaban J connectivity index is 2.01. The molecule has 0 saturated carbocycles. The minimum atomic E-state index is 0.828. The highest BCUT2D eigenvalue weighted by Crippen LogP contribution is 2.26. The van der Waals surface area contributed by atoms with Crippen molar-refractivity contribution in [1.29, 1.82) is 0 Å². The van der Waals surface area contributed by atoms with Crippen molar-refractivity contribution in [3.63, 3.8) is 0 Å². The zero-order valence-electron chi connectivity index (χ0n) is 12.3. The Morgan fingerprint density at radius 1 is 1.33 bits per heavy atom. The van der Waals surface area contributed by atoms with E-state index in [0.29, 0.717) is 0 Å². The van der Waals surface area contributed by atoms with E-state index in [4.69, 9.17) is 11.6 Å². The van der Waals surface area contributed by atoms with Gasteiger partial charge in [-0.3, -0.25) is 0 Å². The fourth-order valence-corrected chi connectivity index (χ4v) is 3.55. The zero-order chi connectivity index (χ0) is 15.2. The molecule has 0 radical (unpaired) electrons. The number of anilines is 1. The molecule has 0 saturated heterocycles. The van der Waals surface area contributed by atoms with Crippen molar-refractivity contribution in [2.45, 2.75) is 26.4 Å². The second kappa shape index (κ2) is 8.18. The van der Waals surface area contributed by atoms with Crippen LogP contribution in [-0.4, -0.2) is 13.6 Å². The summed E-state index contributed by atoms with van der Waals surface area (Å²) in [6.07, 6.45) is 1.13. The Morgan fingerprint density at radius 2 is 2.14 bits per heavy atom. The van der Waals surface area contributed by atoms with Crippen LogP contribution in [0.25, 0.3) is 0 Å². The van der Waals surface area contributed by atoms with Gasteiger partial charge in [0, 0.05) is 30.8 Å². The highest BCUT2D eigenvalue weighted by molar-refractivity contribution is 9.11. The maximum absolute atomic E-state index is 6.39. The van der Waals surface area contributed by atoms with E-state index in [1.807, 2.05) is 6.07 Å². The van der Waals surface area contributed by atoms with E-state index in [9.17, 15) is 0 Å². The first-order valence-corrected chi connectivity index (χ1v) is 9.08. The van der Waals surface area contributed by atoms with Gasteiger partial charge in [-0.15, -0.1) is 11.3 Å².